The molecular formula is C22H28N2O3. The monoisotopic (exact) mass is 368 g/mol. The molecule has 1 aromatic rings. The summed E-state index contributed by atoms with van der Waals surface area (Å²) in [6.07, 6.45) is 9.63. The molecule has 0 aromatic heterocycles. The summed E-state index contributed by atoms with van der Waals surface area (Å²) in [4.78, 5) is 39.7. The zero-order chi connectivity index (χ0) is 18.8. The summed E-state index contributed by atoms with van der Waals surface area (Å²) in [6.45, 7) is 0.356. The standard InChI is InChI=1S/C22H28N2O3/c25-20(23-16-9-2-1-3-10-16)17-11-5-4-8-15(17)14-24-21(26)18-12-6-7-13-19(18)22(24)27/h6-7,12-13,15-17H,1-5,8-11,14H2,(H,23,25). The molecule has 0 spiro atoms. The highest BCUT2D eigenvalue weighted by Crippen LogP contribution is 2.33. The molecule has 1 heterocycles. The molecule has 27 heavy (non-hydrogen) atoms. The summed E-state index contributed by atoms with van der Waals surface area (Å²) >= 11 is 0. The first-order valence-electron chi connectivity index (χ1n) is 10.4. The first kappa shape index (κ1) is 18.2. The Morgan fingerprint density at radius 1 is 0.889 bits per heavy atom. The van der Waals surface area contributed by atoms with Gasteiger partial charge in [-0.15, -0.1) is 0 Å². The van der Waals surface area contributed by atoms with Gasteiger partial charge in [0.2, 0.25) is 5.91 Å². The van der Waals surface area contributed by atoms with Crippen LogP contribution < -0.4 is 5.32 Å². The van der Waals surface area contributed by atoms with E-state index in [0.29, 0.717) is 23.7 Å². The van der Waals surface area contributed by atoms with Gasteiger partial charge >= 0.3 is 0 Å². The molecule has 1 aromatic carbocycles. The molecule has 2 fully saturated rings. The van der Waals surface area contributed by atoms with Crippen molar-refractivity contribution < 1.29 is 14.4 Å². The van der Waals surface area contributed by atoms with Gasteiger partial charge in [-0.1, -0.05) is 44.2 Å². The van der Waals surface area contributed by atoms with Crippen LogP contribution in [0.4, 0.5) is 0 Å². The number of nitrogens with zero attached hydrogens (tertiary/aromatic N) is 1. The number of carbonyl (C=O) groups excluding carboxylic acids is 3. The minimum absolute atomic E-state index is 0.0598. The smallest absolute Gasteiger partial charge is 0.261 e. The maximum atomic E-state index is 12.9. The lowest BCUT2D eigenvalue weighted by Gasteiger charge is -2.34. The van der Waals surface area contributed by atoms with Crippen molar-refractivity contribution in [1.29, 1.82) is 0 Å². The Balaban J connectivity index is 1.44. The number of amides is 3. The number of rotatable bonds is 4. The van der Waals surface area contributed by atoms with Crippen LogP contribution in [0.1, 0.15) is 78.5 Å². The van der Waals surface area contributed by atoms with Crippen molar-refractivity contribution in [2.24, 2.45) is 11.8 Å². The van der Waals surface area contributed by atoms with E-state index in [2.05, 4.69) is 5.32 Å². The van der Waals surface area contributed by atoms with E-state index in [-0.39, 0.29) is 29.6 Å². The van der Waals surface area contributed by atoms with Gasteiger partial charge in [0, 0.05) is 18.5 Å². The van der Waals surface area contributed by atoms with Gasteiger partial charge in [-0.05, 0) is 43.7 Å². The number of carbonyl (C=O) groups is 3. The van der Waals surface area contributed by atoms with E-state index in [4.69, 9.17) is 0 Å². The molecule has 1 aliphatic heterocycles. The second kappa shape index (κ2) is 7.83. The molecular weight excluding hydrogens is 340 g/mol. The summed E-state index contributed by atoms with van der Waals surface area (Å²) in [7, 11) is 0. The fraction of sp³-hybridized carbons (Fsp3) is 0.591. The Kier molecular flexibility index (Phi) is 5.28. The molecule has 4 rings (SSSR count). The molecule has 3 amide bonds. The molecule has 1 N–H and O–H groups in total. The molecule has 5 heteroatoms. The molecule has 2 unspecified atom stereocenters. The largest absolute Gasteiger partial charge is 0.353 e. The van der Waals surface area contributed by atoms with E-state index in [0.717, 1.165) is 38.5 Å². The van der Waals surface area contributed by atoms with Crippen LogP contribution >= 0.6 is 0 Å². The maximum Gasteiger partial charge on any atom is 0.261 e. The quantitative estimate of drug-likeness (QED) is 0.827. The summed E-state index contributed by atoms with van der Waals surface area (Å²) in [5.41, 5.74) is 0.975. The molecule has 2 saturated carbocycles. The molecule has 144 valence electrons. The predicted molar refractivity (Wildman–Crippen MR) is 102 cm³/mol. The topological polar surface area (TPSA) is 66.5 Å². The first-order valence-corrected chi connectivity index (χ1v) is 10.4. The highest BCUT2D eigenvalue weighted by Gasteiger charge is 2.40. The summed E-state index contributed by atoms with van der Waals surface area (Å²) < 4.78 is 0. The minimum Gasteiger partial charge on any atom is -0.353 e. The number of nitrogens with one attached hydrogen (secondary N) is 1. The third kappa shape index (κ3) is 3.64. The Morgan fingerprint density at radius 2 is 1.48 bits per heavy atom. The van der Waals surface area contributed by atoms with Crippen LogP contribution in [0.2, 0.25) is 0 Å². The van der Waals surface area contributed by atoms with Gasteiger partial charge in [-0.2, -0.15) is 0 Å². The zero-order valence-electron chi connectivity index (χ0n) is 15.8. The maximum absolute atomic E-state index is 12.9. The van der Waals surface area contributed by atoms with E-state index < -0.39 is 0 Å². The van der Waals surface area contributed by atoms with Crippen molar-refractivity contribution in [2.45, 2.75) is 63.8 Å². The van der Waals surface area contributed by atoms with Crippen molar-refractivity contribution >= 4 is 17.7 Å². The number of imide groups is 1. The molecule has 5 nitrogen and oxygen atoms in total. The molecule has 0 radical (unpaired) electrons. The van der Waals surface area contributed by atoms with E-state index in [1.165, 1.54) is 24.2 Å². The average Bonchev–Trinajstić information content (AvgIpc) is 2.94. The van der Waals surface area contributed by atoms with Gasteiger partial charge < -0.3 is 5.32 Å². The van der Waals surface area contributed by atoms with E-state index in [1.54, 1.807) is 24.3 Å². The normalized spacial score (nSPS) is 26.1. The number of hydrogen-bond acceptors (Lipinski definition) is 3. The van der Waals surface area contributed by atoms with Gasteiger partial charge in [0.05, 0.1) is 11.1 Å². The number of benzene rings is 1. The Bertz CT molecular complexity index is 704. The number of fused-ring (bicyclic) bond motifs is 1. The second-order valence-electron chi connectivity index (χ2n) is 8.26. The molecule has 2 atom stereocenters. The van der Waals surface area contributed by atoms with Crippen LogP contribution in [0.5, 0.6) is 0 Å². The van der Waals surface area contributed by atoms with Gasteiger partial charge in [0.1, 0.15) is 0 Å². The average molecular weight is 368 g/mol. The number of hydrogen-bond donors (Lipinski definition) is 1. The van der Waals surface area contributed by atoms with E-state index >= 15 is 0 Å². The predicted octanol–water partition coefficient (Wildman–Crippen LogP) is 3.54. The van der Waals surface area contributed by atoms with Crippen LogP contribution in [0.15, 0.2) is 24.3 Å². The molecule has 2 aliphatic carbocycles. The Morgan fingerprint density at radius 3 is 2.15 bits per heavy atom. The van der Waals surface area contributed by atoms with Crippen LogP contribution in [0.3, 0.4) is 0 Å². The van der Waals surface area contributed by atoms with Crippen LogP contribution in [-0.4, -0.2) is 35.2 Å². The van der Waals surface area contributed by atoms with Crippen molar-refractivity contribution in [3.05, 3.63) is 35.4 Å². The lowest BCUT2D eigenvalue weighted by molar-refractivity contribution is -0.129. The lowest BCUT2D eigenvalue weighted by Crippen LogP contribution is -2.46. The van der Waals surface area contributed by atoms with Crippen molar-refractivity contribution in [2.75, 3.05) is 6.54 Å². The first-order chi connectivity index (χ1) is 13.1. The highest BCUT2D eigenvalue weighted by molar-refractivity contribution is 6.21. The fourth-order valence-corrected chi connectivity index (χ4v) is 4.97. The lowest BCUT2D eigenvalue weighted by atomic mass is 9.78. The highest BCUT2D eigenvalue weighted by atomic mass is 16.2. The summed E-state index contributed by atoms with van der Waals surface area (Å²) in [5, 5.41) is 3.26. The summed E-state index contributed by atoms with van der Waals surface area (Å²) in [6, 6.07) is 7.30. The van der Waals surface area contributed by atoms with Crippen molar-refractivity contribution in [3.8, 4) is 0 Å². The van der Waals surface area contributed by atoms with Crippen LogP contribution in [0, 0.1) is 11.8 Å². The van der Waals surface area contributed by atoms with Gasteiger partial charge in [-0.25, -0.2) is 0 Å². The van der Waals surface area contributed by atoms with Crippen molar-refractivity contribution in [1.82, 2.24) is 10.2 Å². The van der Waals surface area contributed by atoms with Gasteiger partial charge in [0.15, 0.2) is 0 Å². The third-order valence-electron chi connectivity index (χ3n) is 6.49. The van der Waals surface area contributed by atoms with E-state index in [9.17, 15) is 14.4 Å². The zero-order valence-corrected chi connectivity index (χ0v) is 15.8. The van der Waals surface area contributed by atoms with Gasteiger partial charge in [0.25, 0.3) is 11.8 Å². The molecule has 0 bridgehead atoms. The summed E-state index contributed by atoms with van der Waals surface area (Å²) in [5.74, 6) is -0.335. The van der Waals surface area contributed by atoms with E-state index in [1.807, 2.05) is 0 Å². The van der Waals surface area contributed by atoms with Crippen LogP contribution in [-0.2, 0) is 4.79 Å². The second-order valence-corrected chi connectivity index (χ2v) is 8.26. The molecule has 3 aliphatic rings. The van der Waals surface area contributed by atoms with Crippen molar-refractivity contribution in [3.63, 3.8) is 0 Å². The fourth-order valence-electron chi connectivity index (χ4n) is 4.97. The third-order valence-corrected chi connectivity index (χ3v) is 6.49. The molecule has 0 saturated heterocycles. The van der Waals surface area contributed by atoms with Gasteiger partial charge in [-0.3, -0.25) is 19.3 Å². The Labute approximate surface area is 160 Å². The minimum atomic E-state index is -0.215. The van der Waals surface area contributed by atoms with Crippen LogP contribution in [0.25, 0.3) is 0 Å². The Hall–Kier alpha value is -2.17. The SMILES string of the molecule is O=C(NC1CCCCC1)C1CCCCC1CN1C(=O)c2ccccc2C1=O.